The molecular formula is C27H45BrN2O6. The minimum atomic E-state index is -0.194. The summed E-state index contributed by atoms with van der Waals surface area (Å²) in [4.78, 5) is 14.7. The van der Waals surface area contributed by atoms with Gasteiger partial charge in [0.1, 0.15) is 6.10 Å². The number of carbonyl (C=O) groups is 1. The van der Waals surface area contributed by atoms with Crippen molar-refractivity contribution < 1.29 is 28.5 Å². The Morgan fingerprint density at radius 2 is 1.39 bits per heavy atom. The first-order chi connectivity index (χ1) is 17.4. The van der Waals surface area contributed by atoms with E-state index in [1.807, 2.05) is 5.01 Å². The molecule has 1 heterocycles. The third-order valence-corrected chi connectivity index (χ3v) is 10.2. The van der Waals surface area contributed by atoms with E-state index in [2.05, 4.69) is 15.9 Å². The Hall–Kier alpha value is -0.580. The monoisotopic (exact) mass is 572 g/mol. The quantitative estimate of drug-likeness (QED) is 0.406. The molecule has 0 aromatic rings. The Bertz CT molecular complexity index is 747. The Balaban J connectivity index is 1.55. The topological polar surface area (TPSA) is 78.8 Å². The molecular weight excluding hydrogens is 528 g/mol. The fourth-order valence-corrected chi connectivity index (χ4v) is 7.61. The number of methoxy groups -OCH3 is 5. The fourth-order valence-electron chi connectivity index (χ4n) is 7.08. The van der Waals surface area contributed by atoms with Gasteiger partial charge in [0, 0.05) is 64.3 Å². The van der Waals surface area contributed by atoms with E-state index in [9.17, 15) is 4.79 Å². The summed E-state index contributed by atoms with van der Waals surface area (Å²) in [5.41, 5.74) is 1.17. The number of halogens is 1. The number of hydrogen-bond acceptors (Lipinski definition) is 7. The van der Waals surface area contributed by atoms with Crippen LogP contribution in [0.4, 0.5) is 0 Å². The van der Waals surface area contributed by atoms with Crippen LogP contribution in [0.5, 0.6) is 0 Å². The Kier molecular flexibility index (Phi) is 10.3. The Morgan fingerprint density at radius 1 is 0.778 bits per heavy atom. The maximum absolute atomic E-state index is 14.1. The van der Waals surface area contributed by atoms with Crippen molar-refractivity contribution in [3.05, 3.63) is 0 Å². The van der Waals surface area contributed by atoms with E-state index in [-0.39, 0.29) is 48.4 Å². The largest absolute Gasteiger partial charge is 0.379 e. The summed E-state index contributed by atoms with van der Waals surface area (Å²) in [6.45, 7) is 0. The Labute approximate surface area is 224 Å². The van der Waals surface area contributed by atoms with Crippen LogP contribution in [0.3, 0.4) is 0 Å². The highest BCUT2D eigenvalue weighted by Gasteiger charge is 2.47. The molecule has 6 unspecified atom stereocenters. The molecule has 6 atom stereocenters. The molecule has 3 aliphatic carbocycles. The van der Waals surface area contributed by atoms with Gasteiger partial charge in [0.15, 0.2) is 0 Å². The predicted molar refractivity (Wildman–Crippen MR) is 141 cm³/mol. The van der Waals surface area contributed by atoms with Crippen molar-refractivity contribution in [2.45, 2.75) is 106 Å². The van der Waals surface area contributed by atoms with Crippen molar-refractivity contribution in [1.29, 1.82) is 0 Å². The van der Waals surface area contributed by atoms with Gasteiger partial charge >= 0.3 is 0 Å². The number of ether oxygens (including phenoxy) is 5. The highest BCUT2D eigenvalue weighted by Crippen LogP contribution is 2.41. The van der Waals surface area contributed by atoms with Crippen LogP contribution in [-0.2, 0) is 28.5 Å². The fraction of sp³-hybridized carbons (Fsp3) is 0.926. The molecule has 0 aromatic heterocycles. The average Bonchev–Trinajstić information content (AvgIpc) is 3.37. The molecule has 1 aliphatic heterocycles. The van der Waals surface area contributed by atoms with Gasteiger partial charge in [0.2, 0.25) is 5.91 Å². The number of nitrogens with zero attached hydrogens (tertiary/aromatic N) is 2. The second-order valence-electron chi connectivity index (χ2n) is 11.0. The van der Waals surface area contributed by atoms with Gasteiger partial charge in [-0.3, -0.25) is 4.79 Å². The second kappa shape index (κ2) is 13.0. The van der Waals surface area contributed by atoms with Gasteiger partial charge in [-0.15, -0.1) is 0 Å². The molecule has 3 fully saturated rings. The van der Waals surface area contributed by atoms with Gasteiger partial charge in [-0.25, -0.2) is 5.01 Å². The van der Waals surface area contributed by atoms with Crippen LogP contribution in [0.25, 0.3) is 0 Å². The molecule has 4 aliphatic rings. The number of carbonyl (C=O) groups excluding carboxylic acids is 1. The third kappa shape index (κ3) is 6.01. The first-order valence-corrected chi connectivity index (χ1v) is 14.5. The van der Waals surface area contributed by atoms with Crippen LogP contribution in [0.15, 0.2) is 5.10 Å². The number of hydrogen-bond donors (Lipinski definition) is 0. The van der Waals surface area contributed by atoms with E-state index >= 15 is 0 Å². The van der Waals surface area contributed by atoms with Crippen molar-refractivity contribution in [2.24, 2.45) is 22.9 Å². The zero-order valence-corrected chi connectivity index (χ0v) is 24.2. The van der Waals surface area contributed by atoms with Gasteiger partial charge in [-0.05, 0) is 63.7 Å². The number of alkyl halides is 1. The summed E-state index contributed by atoms with van der Waals surface area (Å²) < 4.78 is 28.6. The first-order valence-electron chi connectivity index (χ1n) is 13.6. The lowest BCUT2D eigenvalue weighted by atomic mass is 9.77. The van der Waals surface area contributed by atoms with Crippen LogP contribution < -0.4 is 0 Å². The summed E-state index contributed by atoms with van der Waals surface area (Å²) in [5, 5.41) is 6.99. The zero-order chi connectivity index (χ0) is 25.8. The van der Waals surface area contributed by atoms with Crippen molar-refractivity contribution in [3.63, 3.8) is 0 Å². The molecule has 36 heavy (non-hydrogen) atoms. The number of amides is 1. The maximum Gasteiger partial charge on any atom is 0.246 e. The van der Waals surface area contributed by atoms with Crippen molar-refractivity contribution >= 4 is 27.5 Å². The van der Waals surface area contributed by atoms with Crippen LogP contribution in [0.1, 0.15) is 64.2 Å². The minimum absolute atomic E-state index is 0.0673. The lowest BCUT2D eigenvalue weighted by Crippen LogP contribution is -2.52. The van der Waals surface area contributed by atoms with Crippen LogP contribution >= 0.6 is 15.9 Å². The van der Waals surface area contributed by atoms with Crippen molar-refractivity contribution in [3.8, 4) is 0 Å². The third-order valence-electron chi connectivity index (χ3n) is 9.24. The molecule has 3 saturated carbocycles. The van der Waals surface area contributed by atoms with Crippen molar-refractivity contribution in [1.82, 2.24) is 5.01 Å². The Morgan fingerprint density at radius 3 is 1.94 bits per heavy atom. The molecule has 1 amide bonds. The van der Waals surface area contributed by atoms with Gasteiger partial charge in [-0.1, -0.05) is 15.9 Å². The molecule has 9 heteroatoms. The SMILES string of the molecule is COC1CCC(C2=NN(C(=O)C3CC(OC)C(OC)C(OC)C3)C(C3CCC(Br)CC3)C2)CC1OC. The predicted octanol–water partition coefficient (Wildman–Crippen LogP) is 4.18. The maximum atomic E-state index is 14.1. The number of rotatable bonds is 8. The van der Waals surface area contributed by atoms with Crippen LogP contribution in [0, 0.1) is 17.8 Å². The molecule has 0 N–H and O–H groups in total. The van der Waals surface area contributed by atoms with E-state index in [1.54, 1.807) is 35.5 Å². The standard InChI is InChI=1S/C27H45BrN2O6/c1-32-22-11-8-17(12-23(22)33-2)20-15-21(16-6-9-19(28)10-7-16)30(29-20)27(31)18-13-24(34-3)26(36-5)25(14-18)35-4/h16-19,21-26H,6-15H2,1-5H3. The zero-order valence-electron chi connectivity index (χ0n) is 22.6. The summed E-state index contributed by atoms with van der Waals surface area (Å²) in [6.07, 6.45) is 9.23. The van der Waals surface area contributed by atoms with Gasteiger partial charge in [0.05, 0.1) is 30.5 Å². The van der Waals surface area contributed by atoms with E-state index in [4.69, 9.17) is 28.8 Å². The normalized spacial score (nSPS) is 41.8. The molecule has 8 nitrogen and oxygen atoms in total. The van der Waals surface area contributed by atoms with E-state index in [0.717, 1.165) is 51.4 Å². The highest BCUT2D eigenvalue weighted by atomic mass is 79.9. The van der Waals surface area contributed by atoms with Crippen molar-refractivity contribution in [2.75, 3.05) is 35.5 Å². The molecule has 0 spiro atoms. The summed E-state index contributed by atoms with van der Waals surface area (Å²) in [6, 6.07) is 0.135. The minimum Gasteiger partial charge on any atom is -0.379 e. The summed E-state index contributed by atoms with van der Waals surface area (Å²) in [7, 11) is 8.59. The van der Waals surface area contributed by atoms with E-state index in [0.29, 0.717) is 29.5 Å². The first kappa shape index (κ1) is 28.4. The highest BCUT2D eigenvalue weighted by molar-refractivity contribution is 9.09. The van der Waals surface area contributed by atoms with Gasteiger partial charge in [-0.2, -0.15) is 5.10 Å². The second-order valence-corrected chi connectivity index (χ2v) is 12.3. The van der Waals surface area contributed by atoms with Gasteiger partial charge in [0.25, 0.3) is 0 Å². The van der Waals surface area contributed by atoms with Crippen LogP contribution in [0.2, 0.25) is 0 Å². The number of hydrazone groups is 1. The molecule has 0 radical (unpaired) electrons. The lowest BCUT2D eigenvalue weighted by Gasteiger charge is -2.41. The summed E-state index contributed by atoms with van der Waals surface area (Å²) in [5.74, 6) is 0.727. The molecule has 4 rings (SSSR count). The van der Waals surface area contributed by atoms with E-state index in [1.165, 1.54) is 5.71 Å². The smallest absolute Gasteiger partial charge is 0.246 e. The molecule has 0 aromatic carbocycles. The molecule has 0 saturated heterocycles. The van der Waals surface area contributed by atoms with E-state index < -0.39 is 0 Å². The molecule has 206 valence electrons. The summed E-state index contributed by atoms with van der Waals surface area (Å²) >= 11 is 3.80. The average molecular weight is 574 g/mol. The molecule has 0 bridgehead atoms. The van der Waals surface area contributed by atoms with Gasteiger partial charge < -0.3 is 23.7 Å². The lowest BCUT2D eigenvalue weighted by molar-refractivity contribution is -0.161. The van der Waals surface area contributed by atoms with Crippen LogP contribution in [-0.4, -0.2) is 93.6 Å².